The van der Waals surface area contributed by atoms with Crippen molar-refractivity contribution in [3.8, 4) is 5.75 Å². The van der Waals surface area contributed by atoms with E-state index in [1.807, 2.05) is 18.2 Å². The minimum absolute atomic E-state index is 0.0419. The molecular weight excluding hydrogens is 319 g/mol. The van der Waals surface area contributed by atoms with E-state index in [4.69, 9.17) is 4.74 Å². The Balaban J connectivity index is 1.94. The third kappa shape index (κ3) is 3.92. The SMILES string of the molecule is C[C@H](C(F)(F)F)S(=O)(=O)N1CCC(Oc2ccccc2)CC1. The van der Waals surface area contributed by atoms with Crippen molar-refractivity contribution < 1.29 is 26.3 Å². The van der Waals surface area contributed by atoms with Crippen LogP contribution in [0.2, 0.25) is 0 Å². The maximum atomic E-state index is 12.6. The molecule has 1 heterocycles. The summed E-state index contributed by atoms with van der Waals surface area (Å²) in [6, 6.07) is 9.06. The first kappa shape index (κ1) is 17.1. The van der Waals surface area contributed by atoms with E-state index in [0.29, 0.717) is 25.5 Å². The van der Waals surface area contributed by atoms with Crippen LogP contribution in [0.25, 0.3) is 0 Å². The molecule has 0 radical (unpaired) electrons. The molecule has 0 spiro atoms. The lowest BCUT2D eigenvalue weighted by atomic mass is 10.1. The topological polar surface area (TPSA) is 46.6 Å². The van der Waals surface area contributed by atoms with Gasteiger partial charge in [0.05, 0.1) is 0 Å². The van der Waals surface area contributed by atoms with E-state index in [2.05, 4.69) is 0 Å². The molecule has 1 fully saturated rings. The molecule has 22 heavy (non-hydrogen) atoms. The van der Waals surface area contributed by atoms with Crippen LogP contribution in [-0.4, -0.2) is 43.3 Å². The molecule has 1 aliphatic heterocycles. The van der Waals surface area contributed by atoms with Gasteiger partial charge >= 0.3 is 6.18 Å². The Morgan fingerprint density at radius 3 is 2.23 bits per heavy atom. The number of ether oxygens (including phenoxy) is 1. The lowest BCUT2D eigenvalue weighted by Crippen LogP contribution is -2.48. The predicted octanol–water partition coefficient (Wildman–Crippen LogP) is 2.81. The molecule has 0 unspecified atom stereocenters. The Morgan fingerprint density at radius 2 is 1.73 bits per heavy atom. The van der Waals surface area contributed by atoms with Crippen LogP contribution >= 0.6 is 0 Å². The molecule has 8 heteroatoms. The van der Waals surface area contributed by atoms with Gasteiger partial charge in [-0.25, -0.2) is 12.7 Å². The number of hydrogen-bond donors (Lipinski definition) is 0. The van der Waals surface area contributed by atoms with Gasteiger partial charge in [-0.05, 0) is 31.9 Å². The van der Waals surface area contributed by atoms with Gasteiger partial charge in [0.25, 0.3) is 0 Å². The number of hydrogen-bond acceptors (Lipinski definition) is 3. The highest BCUT2D eigenvalue weighted by Crippen LogP contribution is 2.29. The van der Waals surface area contributed by atoms with Crippen molar-refractivity contribution >= 4 is 10.0 Å². The Labute approximate surface area is 127 Å². The number of rotatable bonds is 4. The first-order valence-corrected chi connectivity index (χ1v) is 8.49. The molecule has 1 aromatic carbocycles. The average Bonchev–Trinajstić information content (AvgIpc) is 2.47. The Hall–Kier alpha value is -1.28. The summed E-state index contributed by atoms with van der Waals surface area (Å²) in [7, 11) is -4.36. The van der Waals surface area contributed by atoms with Crippen LogP contribution in [0.5, 0.6) is 5.75 Å². The van der Waals surface area contributed by atoms with Crippen molar-refractivity contribution in [2.45, 2.75) is 37.3 Å². The quantitative estimate of drug-likeness (QED) is 0.849. The molecule has 0 saturated carbocycles. The average molecular weight is 337 g/mol. The maximum absolute atomic E-state index is 12.6. The minimum Gasteiger partial charge on any atom is -0.490 e. The second-order valence-corrected chi connectivity index (χ2v) is 7.51. The smallest absolute Gasteiger partial charge is 0.406 e. The minimum atomic E-state index is -4.75. The summed E-state index contributed by atoms with van der Waals surface area (Å²) in [4.78, 5) is 0. The van der Waals surface area contributed by atoms with Crippen LogP contribution < -0.4 is 4.74 Å². The third-order valence-corrected chi connectivity index (χ3v) is 5.96. The summed E-state index contributed by atoms with van der Waals surface area (Å²) in [6.45, 7) is 0.766. The summed E-state index contributed by atoms with van der Waals surface area (Å²) < 4.78 is 68.4. The second-order valence-electron chi connectivity index (χ2n) is 5.26. The Kier molecular flexibility index (Phi) is 5.01. The fraction of sp³-hybridized carbons (Fsp3) is 0.571. The predicted molar refractivity (Wildman–Crippen MR) is 76.1 cm³/mol. The molecule has 0 bridgehead atoms. The van der Waals surface area contributed by atoms with Crippen LogP contribution in [0.4, 0.5) is 13.2 Å². The van der Waals surface area contributed by atoms with Gasteiger partial charge in [0, 0.05) is 13.1 Å². The zero-order valence-corrected chi connectivity index (χ0v) is 12.9. The summed E-state index contributed by atoms with van der Waals surface area (Å²) in [5, 5.41) is -2.38. The van der Waals surface area contributed by atoms with E-state index in [0.717, 1.165) is 4.31 Å². The normalized spacial score (nSPS) is 19.8. The van der Waals surface area contributed by atoms with Crippen LogP contribution in [0.3, 0.4) is 0 Å². The number of para-hydroxylation sites is 1. The zero-order valence-electron chi connectivity index (χ0n) is 12.1. The molecule has 0 aromatic heterocycles. The fourth-order valence-corrected chi connectivity index (χ4v) is 3.79. The molecule has 124 valence electrons. The van der Waals surface area contributed by atoms with E-state index in [9.17, 15) is 21.6 Å². The van der Waals surface area contributed by atoms with Crippen molar-refractivity contribution in [2.24, 2.45) is 0 Å². The van der Waals surface area contributed by atoms with Gasteiger partial charge < -0.3 is 4.74 Å². The van der Waals surface area contributed by atoms with E-state index in [-0.39, 0.29) is 19.2 Å². The number of alkyl halides is 3. The lowest BCUT2D eigenvalue weighted by Gasteiger charge is -2.33. The highest BCUT2D eigenvalue weighted by atomic mass is 32.2. The zero-order chi connectivity index (χ0) is 16.4. The van der Waals surface area contributed by atoms with E-state index < -0.39 is 21.4 Å². The van der Waals surface area contributed by atoms with Crippen molar-refractivity contribution in [2.75, 3.05) is 13.1 Å². The maximum Gasteiger partial charge on any atom is 0.406 e. The van der Waals surface area contributed by atoms with E-state index in [1.165, 1.54) is 0 Å². The number of halogens is 3. The molecule has 4 nitrogen and oxygen atoms in total. The molecule has 0 aliphatic carbocycles. The van der Waals surface area contributed by atoms with Gasteiger partial charge in [-0.2, -0.15) is 13.2 Å². The van der Waals surface area contributed by atoms with Crippen molar-refractivity contribution in [3.05, 3.63) is 30.3 Å². The fourth-order valence-electron chi connectivity index (χ4n) is 2.29. The lowest BCUT2D eigenvalue weighted by molar-refractivity contribution is -0.127. The highest BCUT2D eigenvalue weighted by molar-refractivity contribution is 7.89. The number of sulfonamides is 1. The van der Waals surface area contributed by atoms with Gasteiger partial charge in [0.15, 0.2) is 5.25 Å². The monoisotopic (exact) mass is 337 g/mol. The van der Waals surface area contributed by atoms with Gasteiger partial charge in [-0.15, -0.1) is 0 Å². The van der Waals surface area contributed by atoms with Crippen LogP contribution in [0.15, 0.2) is 30.3 Å². The molecule has 0 N–H and O–H groups in total. The van der Waals surface area contributed by atoms with Crippen molar-refractivity contribution in [1.29, 1.82) is 0 Å². The van der Waals surface area contributed by atoms with Gasteiger partial charge in [0.2, 0.25) is 10.0 Å². The summed E-state index contributed by atoms with van der Waals surface area (Å²) >= 11 is 0. The van der Waals surface area contributed by atoms with Crippen molar-refractivity contribution in [3.63, 3.8) is 0 Å². The van der Waals surface area contributed by atoms with Crippen LogP contribution in [0, 0.1) is 0 Å². The number of benzene rings is 1. The Morgan fingerprint density at radius 1 is 1.18 bits per heavy atom. The molecule has 1 saturated heterocycles. The first-order valence-electron chi connectivity index (χ1n) is 6.98. The summed E-state index contributed by atoms with van der Waals surface area (Å²) in [6.07, 6.45) is -4.19. The largest absolute Gasteiger partial charge is 0.490 e. The van der Waals surface area contributed by atoms with Gasteiger partial charge in [-0.3, -0.25) is 0 Å². The third-order valence-electron chi connectivity index (χ3n) is 3.71. The molecule has 2 rings (SSSR count). The standard InChI is InChI=1S/C14H18F3NO3S/c1-11(14(15,16)17)22(19,20)18-9-7-13(8-10-18)21-12-5-3-2-4-6-12/h2-6,11,13H,7-10H2,1H3/t11-/m1/s1. The van der Waals surface area contributed by atoms with E-state index >= 15 is 0 Å². The molecule has 1 aliphatic rings. The van der Waals surface area contributed by atoms with Gasteiger partial charge in [-0.1, -0.05) is 18.2 Å². The van der Waals surface area contributed by atoms with E-state index in [1.54, 1.807) is 12.1 Å². The highest BCUT2D eigenvalue weighted by Gasteiger charge is 2.48. The van der Waals surface area contributed by atoms with Crippen LogP contribution in [-0.2, 0) is 10.0 Å². The number of piperidine rings is 1. The van der Waals surface area contributed by atoms with Crippen LogP contribution in [0.1, 0.15) is 19.8 Å². The second kappa shape index (κ2) is 6.45. The number of nitrogens with zero attached hydrogens (tertiary/aromatic N) is 1. The summed E-state index contributed by atoms with van der Waals surface area (Å²) in [5.74, 6) is 0.674. The molecular formula is C14H18F3NO3S. The van der Waals surface area contributed by atoms with Gasteiger partial charge in [0.1, 0.15) is 11.9 Å². The molecule has 1 atom stereocenters. The Bertz CT molecular complexity index is 581. The first-order chi connectivity index (χ1) is 10.2. The van der Waals surface area contributed by atoms with Crippen molar-refractivity contribution in [1.82, 2.24) is 4.31 Å². The summed E-state index contributed by atoms with van der Waals surface area (Å²) in [5.41, 5.74) is 0. The molecule has 1 aromatic rings. The molecule has 0 amide bonds.